The number of esters is 1. The molecule has 160 valence electrons. The topological polar surface area (TPSA) is 94.6 Å². The molecule has 31 heavy (non-hydrogen) atoms. The smallest absolute Gasteiger partial charge is 0.416 e. The van der Waals surface area contributed by atoms with Crippen molar-refractivity contribution in [3.05, 3.63) is 82.3 Å². The van der Waals surface area contributed by atoms with Crippen molar-refractivity contribution in [3.8, 4) is 11.8 Å². The van der Waals surface area contributed by atoms with E-state index in [1.165, 1.54) is 19.2 Å². The van der Waals surface area contributed by atoms with E-state index in [1.54, 1.807) is 24.3 Å². The van der Waals surface area contributed by atoms with Gasteiger partial charge in [0.2, 0.25) is 5.88 Å². The number of hydrogen-bond acceptors (Lipinski definition) is 6. The predicted molar refractivity (Wildman–Crippen MR) is 104 cm³/mol. The van der Waals surface area contributed by atoms with Crippen molar-refractivity contribution in [2.45, 2.75) is 12.1 Å². The van der Waals surface area contributed by atoms with E-state index >= 15 is 0 Å². The number of halogens is 3. The highest BCUT2D eigenvalue weighted by molar-refractivity contribution is 5.99. The van der Waals surface area contributed by atoms with Crippen LogP contribution in [-0.4, -0.2) is 20.2 Å². The fraction of sp³-hybridized carbons (Fsp3) is 0.182. The molecule has 9 heteroatoms. The van der Waals surface area contributed by atoms with Crippen LogP contribution in [0.5, 0.6) is 5.75 Å². The first-order valence-electron chi connectivity index (χ1n) is 8.93. The van der Waals surface area contributed by atoms with Gasteiger partial charge in [0, 0.05) is 5.56 Å². The van der Waals surface area contributed by atoms with Crippen LogP contribution < -0.4 is 10.5 Å². The van der Waals surface area contributed by atoms with Gasteiger partial charge in [-0.3, -0.25) is 0 Å². The van der Waals surface area contributed by atoms with E-state index < -0.39 is 23.6 Å². The maximum absolute atomic E-state index is 13.0. The number of methoxy groups -OCH3 is 2. The zero-order valence-electron chi connectivity index (χ0n) is 16.5. The Bertz CT molecular complexity index is 1110. The first kappa shape index (κ1) is 21.8. The minimum atomic E-state index is -4.53. The second kappa shape index (κ2) is 8.44. The molecule has 0 bridgehead atoms. The number of ether oxygens (including phenoxy) is 3. The van der Waals surface area contributed by atoms with Gasteiger partial charge in [-0.2, -0.15) is 18.4 Å². The Hall–Kier alpha value is -3.93. The maximum Gasteiger partial charge on any atom is 0.416 e. The van der Waals surface area contributed by atoms with Gasteiger partial charge in [0.15, 0.2) is 0 Å². The molecule has 2 aromatic rings. The monoisotopic (exact) mass is 430 g/mol. The Kier molecular flexibility index (Phi) is 5.92. The highest BCUT2D eigenvalue weighted by Crippen LogP contribution is 2.43. The quantitative estimate of drug-likeness (QED) is 0.734. The van der Waals surface area contributed by atoms with Crippen LogP contribution in [0.2, 0.25) is 0 Å². The van der Waals surface area contributed by atoms with Gasteiger partial charge >= 0.3 is 12.1 Å². The predicted octanol–water partition coefficient (Wildman–Crippen LogP) is 4.11. The fourth-order valence-electron chi connectivity index (χ4n) is 3.25. The molecule has 2 aromatic carbocycles. The molecule has 0 aromatic heterocycles. The number of rotatable bonds is 4. The molecular weight excluding hydrogens is 413 g/mol. The van der Waals surface area contributed by atoms with Crippen molar-refractivity contribution in [3.63, 3.8) is 0 Å². The zero-order chi connectivity index (χ0) is 22.8. The second-order valence-corrected chi connectivity index (χ2v) is 6.51. The average molecular weight is 430 g/mol. The number of alkyl halides is 3. The Morgan fingerprint density at radius 2 is 1.84 bits per heavy atom. The number of carbonyl (C=O) groups excluding carboxylic acids is 1. The minimum Gasteiger partial charge on any atom is -0.497 e. The number of allylic oxidation sites excluding steroid dienone is 1. The standard InChI is InChI=1S/C22H17F3N2O4/c1-29-15-5-3-4-13(10-15)19-18(21(28)30-2)17(16(11-26)20(27)31-19)12-6-8-14(9-7-12)22(23,24)25/h3-10,17H,27H2,1-2H3. The largest absolute Gasteiger partial charge is 0.497 e. The van der Waals surface area contributed by atoms with Gasteiger partial charge in [0.1, 0.15) is 23.2 Å². The van der Waals surface area contributed by atoms with Gasteiger partial charge < -0.3 is 19.9 Å². The van der Waals surface area contributed by atoms with Crippen LogP contribution in [0.3, 0.4) is 0 Å². The summed E-state index contributed by atoms with van der Waals surface area (Å²) in [7, 11) is 2.61. The van der Waals surface area contributed by atoms with E-state index in [0.717, 1.165) is 19.2 Å². The Balaban J connectivity index is 2.25. The van der Waals surface area contributed by atoms with Crippen LogP contribution in [0.4, 0.5) is 13.2 Å². The zero-order valence-corrected chi connectivity index (χ0v) is 16.5. The molecule has 0 amide bonds. The number of carbonyl (C=O) groups is 1. The lowest BCUT2D eigenvalue weighted by Gasteiger charge is -2.28. The van der Waals surface area contributed by atoms with Crippen LogP contribution >= 0.6 is 0 Å². The lowest BCUT2D eigenvalue weighted by atomic mass is 9.81. The lowest BCUT2D eigenvalue weighted by molar-refractivity contribution is -0.138. The van der Waals surface area contributed by atoms with Crippen LogP contribution in [0.15, 0.2) is 65.6 Å². The van der Waals surface area contributed by atoms with Crippen molar-refractivity contribution in [2.75, 3.05) is 14.2 Å². The SMILES string of the molecule is COC(=O)C1=C(c2cccc(OC)c2)OC(N)=C(C#N)C1c1ccc(C(F)(F)F)cc1. The van der Waals surface area contributed by atoms with Gasteiger partial charge in [-0.05, 0) is 29.8 Å². The van der Waals surface area contributed by atoms with Crippen molar-refractivity contribution in [1.29, 1.82) is 5.26 Å². The molecule has 1 aliphatic heterocycles. The average Bonchev–Trinajstić information content (AvgIpc) is 2.77. The molecule has 6 nitrogen and oxygen atoms in total. The molecule has 3 rings (SSSR count). The molecule has 0 radical (unpaired) electrons. The van der Waals surface area contributed by atoms with Crippen LogP contribution in [0, 0.1) is 11.3 Å². The summed E-state index contributed by atoms with van der Waals surface area (Å²) in [5.41, 5.74) is 5.56. The van der Waals surface area contributed by atoms with Gasteiger partial charge in [0.05, 0.1) is 31.3 Å². The Morgan fingerprint density at radius 1 is 1.16 bits per heavy atom. The molecule has 1 heterocycles. The molecule has 0 saturated carbocycles. The number of benzene rings is 2. The molecule has 2 N–H and O–H groups in total. The van der Waals surface area contributed by atoms with Crippen LogP contribution in [-0.2, 0) is 20.4 Å². The van der Waals surface area contributed by atoms with Gasteiger partial charge in [0.25, 0.3) is 0 Å². The molecule has 1 aliphatic rings. The summed E-state index contributed by atoms with van der Waals surface area (Å²) in [6.45, 7) is 0. The normalized spacial score (nSPS) is 16.5. The van der Waals surface area contributed by atoms with E-state index in [2.05, 4.69) is 0 Å². The van der Waals surface area contributed by atoms with Crippen molar-refractivity contribution < 1.29 is 32.2 Å². The van der Waals surface area contributed by atoms with E-state index in [-0.39, 0.29) is 28.4 Å². The third-order valence-electron chi connectivity index (χ3n) is 4.73. The lowest BCUT2D eigenvalue weighted by Crippen LogP contribution is -2.25. The van der Waals surface area contributed by atoms with Gasteiger partial charge in [-0.15, -0.1) is 0 Å². The Labute approximate surface area is 175 Å². The Morgan fingerprint density at radius 3 is 2.39 bits per heavy atom. The van der Waals surface area contributed by atoms with Gasteiger partial charge in [-0.1, -0.05) is 24.3 Å². The van der Waals surface area contributed by atoms with Crippen LogP contribution in [0.25, 0.3) is 5.76 Å². The summed E-state index contributed by atoms with van der Waals surface area (Å²) >= 11 is 0. The number of nitrogens with two attached hydrogens (primary N) is 1. The van der Waals surface area contributed by atoms with E-state index in [0.29, 0.717) is 11.3 Å². The summed E-state index contributed by atoms with van der Waals surface area (Å²) in [4.78, 5) is 12.7. The minimum absolute atomic E-state index is 0.0205. The number of hydrogen-bond donors (Lipinski definition) is 1. The van der Waals surface area contributed by atoms with Crippen molar-refractivity contribution in [2.24, 2.45) is 5.73 Å². The highest BCUT2D eigenvalue weighted by Gasteiger charge is 2.38. The molecule has 0 spiro atoms. The maximum atomic E-state index is 13.0. The van der Waals surface area contributed by atoms with E-state index in [4.69, 9.17) is 19.9 Å². The number of nitriles is 1. The molecular formula is C22H17F3N2O4. The summed E-state index contributed by atoms with van der Waals surface area (Å²) in [5.74, 6) is -1.68. The third-order valence-corrected chi connectivity index (χ3v) is 4.73. The summed E-state index contributed by atoms with van der Waals surface area (Å²) in [6.07, 6.45) is -4.53. The first-order chi connectivity index (χ1) is 14.7. The summed E-state index contributed by atoms with van der Waals surface area (Å²) < 4.78 is 54.7. The fourth-order valence-corrected chi connectivity index (χ4v) is 3.25. The molecule has 0 aliphatic carbocycles. The molecule has 1 unspecified atom stereocenters. The number of nitrogens with zero attached hydrogens (tertiary/aromatic N) is 1. The molecule has 1 atom stereocenters. The van der Waals surface area contributed by atoms with E-state index in [9.17, 15) is 23.2 Å². The first-order valence-corrected chi connectivity index (χ1v) is 8.93. The van der Waals surface area contributed by atoms with Crippen molar-refractivity contribution >= 4 is 11.7 Å². The third kappa shape index (κ3) is 4.19. The summed E-state index contributed by atoms with van der Waals surface area (Å²) in [5, 5.41) is 9.65. The molecule has 0 saturated heterocycles. The highest BCUT2D eigenvalue weighted by atomic mass is 19.4. The van der Waals surface area contributed by atoms with Crippen molar-refractivity contribution in [1.82, 2.24) is 0 Å². The van der Waals surface area contributed by atoms with E-state index in [1.807, 2.05) is 6.07 Å². The second-order valence-electron chi connectivity index (χ2n) is 6.51. The molecule has 0 fully saturated rings. The van der Waals surface area contributed by atoms with Gasteiger partial charge in [-0.25, -0.2) is 4.79 Å². The van der Waals surface area contributed by atoms with Crippen LogP contribution in [0.1, 0.15) is 22.6 Å². The summed E-state index contributed by atoms with van der Waals surface area (Å²) in [6, 6.07) is 12.6.